The summed E-state index contributed by atoms with van der Waals surface area (Å²) >= 11 is 2.05. The largest absolute Gasteiger partial charge is 0.381 e. The highest BCUT2D eigenvalue weighted by Gasteiger charge is 2.32. The van der Waals surface area contributed by atoms with E-state index in [1.807, 2.05) is 18.0 Å². The third-order valence-corrected chi connectivity index (χ3v) is 7.22. The molecule has 0 unspecified atom stereocenters. The zero-order valence-electron chi connectivity index (χ0n) is 18.2. The Morgan fingerprint density at radius 3 is 2.66 bits per heavy atom. The number of hydrogen-bond donors (Lipinski definition) is 2. The number of nitrogens with zero attached hydrogens (tertiary/aromatic N) is 3. The summed E-state index contributed by atoms with van der Waals surface area (Å²) in [6, 6.07) is 4.73. The number of aromatic nitrogens is 1. The van der Waals surface area contributed by atoms with E-state index in [0.29, 0.717) is 6.04 Å². The lowest BCUT2D eigenvalue weighted by molar-refractivity contribution is 0.0793. The van der Waals surface area contributed by atoms with Crippen LogP contribution in [0.25, 0.3) is 0 Å². The second-order valence-corrected chi connectivity index (χ2v) is 9.76. The van der Waals surface area contributed by atoms with E-state index in [-0.39, 0.29) is 4.75 Å². The van der Waals surface area contributed by atoms with Crippen molar-refractivity contribution in [2.45, 2.75) is 57.2 Å². The van der Waals surface area contributed by atoms with Gasteiger partial charge in [-0.2, -0.15) is 11.8 Å². The molecule has 2 aliphatic rings. The summed E-state index contributed by atoms with van der Waals surface area (Å²) in [7, 11) is 0. The maximum Gasteiger partial charge on any atom is 0.191 e. The van der Waals surface area contributed by atoms with Gasteiger partial charge in [-0.15, -0.1) is 0 Å². The van der Waals surface area contributed by atoms with E-state index in [9.17, 15) is 0 Å². The molecule has 7 heteroatoms. The third-order valence-electron chi connectivity index (χ3n) is 5.78. The predicted octanol–water partition coefficient (Wildman–Crippen LogP) is 3.22. The van der Waals surface area contributed by atoms with E-state index in [1.165, 1.54) is 5.56 Å². The van der Waals surface area contributed by atoms with Crippen LogP contribution in [0.2, 0.25) is 0 Å². The first-order valence-corrected chi connectivity index (χ1v) is 12.1. The van der Waals surface area contributed by atoms with E-state index >= 15 is 0 Å². The van der Waals surface area contributed by atoms with Crippen molar-refractivity contribution < 1.29 is 4.74 Å². The molecule has 1 aromatic heterocycles. The van der Waals surface area contributed by atoms with Crippen LogP contribution in [0.3, 0.4) is 0 Å². The Labute approximate surface area is 180 Å². The van der Waals surface area contributed by atoms with E-state index < -0.39 is 0 Å². The number of rotatable bonds is 7. The lowest BCUT2D eigenvalue weighted by Gasteiger charge is -2.36. The Balaban J connectivity index is 1.54. The second-order valence-electron chi connectivity index (χ2n) is 8.02. The van der Waals surface area contributed by atoms with Crippen molar-refractivity contribution >= 4 is 23.5 Å². The van der Waals surface area contributed by atoms with Crippen LogP contribution >= 0.6 is 11.8 Å². The fourth-order valence-corrected chi connectivity index (χ4v) is 5.26. The van der Waals surface area contributed by atoms with Crippen molar-refractivity contribution in [3.05, 3.63) is 23.9 Å². The summed E-state index contributed by atoms with van der Waals surface area (Å²) < 4.78 is 5.83. The molecule has 0 bridgehead atoms. The fourth-order valence-electron chi connectivity index (χ4n) is 4.03. The maximum atomic E-state index is 5.60. The first-order chi connectivity index (χ1) is 14.1. The van der Waals surface area contributed by atoms with Gasteiger partial charge in [-0.25, -0.2) is 4.98 Å². The first-order valence-electron chi connectivity index (χ1n) is 11.1. The van der Waals surface area contributed by atoms with Crippen LogP contribution in [-0.4, -0.2) is 66.9 Å². The number of nitrogens with one attached hydrogen (secondary N) is 2. The van der Waals surface area contributed by atoms with Gasteiger partial charge < -0.3 is 20.3 Å². The van der Waals surface area contributed by atoms with Crippen LogP contribution in [0.4, 0.5) is 5.82 Å². The summed E-state index contributed by atoms with van der Waals surface area (Å²) in [5, 5.41) is 7.14. The Morgan fingerprint density at radius 2 is 2.03 bits per heavy atom. The number of aryl methyl sites for hydroxylation is 1. The minimum atomic E-state index is 0.232. The molecule has 2 saturated heterocycles. The Kier molecular flexibility index (Phi) is 8.48. The topological polar surface area (TPSA) is 61.8 Å². The molecule has 1 aromatic rings. The molecular formula is C22H37N5OS. The number of ether oxygens (including phenoxy) is 1. The standard InChI is InChI=1S/C22H37N5OS/c1-4-23-21(25-17-22(29-5-2)10-14-28-15-11-22)26-19-8-12-27(13-9-19)20-7-6-18(3)16-24-20/h6-7,16,19H,4-5,8-15,17H2,1-3H3,(H2,23,25,26). The van der Waals surface area contributed by atoms with Gasteiger partial charge in [-0.05, 0) is 56.9 Å². The van der Waals surface area contributed by atoms with Crippen LogP contribution in [0.5, 0.6) is 0 Å². The number of piperidine rings is 1. The van der Waals surface area contributed by atoms with Crippen LogP contribution in [0.15, 0.2) is 23.3 Å². The summed E-state index contributed by atoms with van der Waals surface area (Å²) in [6.07, 6.45) is 6.34. The molecule has 0 aromatic carbocycles. The summed E-state index contributed by atoms with van der Waals surface area (Å²) in [4.78, 5) is 12.0. The number of guanidine groups is 1. The van der Waals surface area contributed by atoms with Crippen molar-refractivity contribution in [2.75, 3.05) is 50.0 Å². The zero-order chi connectivity index (χ0) is 20.5. The summed E-state index contributed by atoms with van der Waals surface area (Å²) in [5.41, 5.74) is 1.21. The fraction of sp³-hybridized carbons (Fsp3) is 0.727. The van der Waals surface area contributed by atoms with Crippen molar-refractivity contribution in [1.82, 2.24) is 15.6 Å². The van der Waals surface area contributed by atoms with Gasteiger partial charge >= 0.3 is 0 Å². The molecule has 2 N–H and O–H groups in total. The van der Waals surface area contributed by atoms with Gasteiger partial charge in [0.1, 0.15) is 5.82 Å². The lowest BCUT2D eigenvalue weighted by Crippen LogP contribution is -2.49. The molecule has 29 heavy (non-hydrogen) atoms. The molecule has 162 valence electrons. The van der Waals surface area contributed by atoms with E-state index in [0.717, 1.165) is 82.6 Å². The number of anilines is 1. The molecule has 0 radical (unpaired) electrons. The quantitative estimate of drug-likeness (QED) is 0.523. The van der Waals surface area contributed by atoms with Crippen molar-refractivity contribution in [2.24, 2.45) is 4.99 Å². The number of pyridine rings is 1. The average molecular weight is 420 g/mol. The monoisotopic (exact) mass is 419 g/mol. The SMILES string of the molecule is CCNC(=NCC1(SCC)CCOCC1)NC1CCN(c2ccc(C)cn2)CC1. The first kappa shape index (κ1) is 22.2. The maximum absolute atomic E-state index is 5.60. The minimum absolute atomic E-state index is 0.232. The molecule has 0 saturated carbocycles. The highest BCUT2D eigenvalue weighted by Crippen LogP contribution is 2.35. The van der Waals surface area contributed by atoms with Crippen molar-refractivity contribution in [3.8, 4) is 0 Å². The molecule has 0 amide bonds. The number of thioether (sulfide) groups is 1. The third kappa shape index (κ3) is 6.51. The van der Waals surface area contributed by atoms with E-state index in [2.05, 4.69) is 53.4 Å². The van der Waals surface area contributed by atoms with E-state index in [4.69, 9.17) is 9.73 Å². The van der Waals surface area contributed by atoms with Gasteiger partial charge in [0, 0.05) is 49.8 Å². The van der Waals surface area contributed by atoms with Gasteiger partial charge in [0.2, 0.25) is 0 Å². The molecule has 2 fully saturated rings. The van der Waals surface area contributed by atoms with Crippen LogP contribution in [-0.2, 0) is 4.74 Å². The normalized spacial score (nSPS) is 20.5. The molecule has 0 aliphatic carbocycles. The Hall–Kier alpha value is -1.47. The van der Waals surface area contributed by atoms with Gasteiger partial charge in [0.25, 0.3) is 0 Å². The highest BCUT2D eigenvalue weighted by atomic mass is 32.2. The summed E-state index contributed by atoms with van der Waals surface area (Å²) in [5.74, 6) is 3.18. The Morgan fingerprint density at radius 1 is 1.28 bits per heavy atom. The average Bonchev–Trinajstić information content (AvgIpc) is 2.74. The molecule has 6 nitrogen and oxygen atoms in total. The van der Waals surface area contributed by atoms with Crippen LogP contribution in [0.1, 0.15) is 45.1 Å². The number of aliphatic imine (C=N–C) groups is 1. The second kappa shape index (κ2) is 11.1. The highest BCUT2D eigenvalue weighted by molar-refractivity contribution is 8.00. The smallest absolute Gasteiger partial charge is 0.191 e. The van der Waals surface area contributed by atoms with Crippen molar-refractivity contribution in [1.29, 1.82) is 0 Å². The minimum Gasteiger partial charge on any atom is -0.381 e. The lowest BCUT2D eigenvalue weighted by atomic mass is 9.99. The molecule has 3 rings (SSSR count). The molecule has 0 spiro atoms. The molecule has 0 atom stereocenters. The molecule has 2 aliphatic heterocycles. The number of hydrogen-bond acceptors (Lipinski definition) is 5. The van der Waals surface area contributed by atoms with Crippen LogP contribution < -0.4 is 15.5 Å². The molecule has 3 heterocycles. The van der Waals surface area contributed by atoms with E-state index in [1.54, 1.807) is 0 Å². The predicted molar refractivity (Wildman–Crippen MR) is 124 cm³/mol. The van der Waals surface area contributed by atoms with Crippen molar-refractivity contribution in [3.63, 3.8) is 0 Å². The zero-order valence-corrected chi connectivity index (χ0v) is 19.1. The van der Waals surface area contributed by atoms with Gasteiger partial charge in [-0.3, -0.25) is 4.99 Å². The summed E-state index contributed by atoms with van der Waals surface area (Å²) in [6.45, 7) is 12.0. The van der Waals surface area contributed by atoms with Gasteiger partial charge in [0.05, 0.1) is 6.54 Å². The van der Waals surface area contributed by atoms with Gasteiger partial charge in [-0.1, -0.05) is 13.0 Å². The molecular weight excluding hydrogens is 382 g/mol. The van der Waals surface area contributed by atoms with Crippen LogP contribution in [0, 0.1) is 6.92 Å². The Bertz CT molecular complexity index is 632. The van der Waals surface area contributed by atoms with Gasteiger partial charge in [0.15, 0.2) is 5.96 Å².